The number of rotatable bonds is 2. The van der Waals surface area contributed by atoms with Crippen molar-refractivity contribution >= 4 is 5.82 Å². The number of nitriles is 1. The highest BCUT2D eigenvalue weighted by molar-refractivity contribution is 5.49. The van der Waals surface area contributed by atoms with Crippen LogP contribution in [-0.2, 0) is 0 Å². The highest BCUT2D eigenvalue weighted by atomic mass is 15.4. The van der Waals surface area contributed by atoms with E-state index in [4.69, 9.17) is 5.26 Å². The highest BCUT2D eigenvalue weighted by Crippen LogP contribution is 2.25. The minimum Gasteiger partial charge on any atom is -0.352 e. The average molecular weight is 255 g/mol. The summed E-state index contributed by atoms with van der Waals surface area (Å²) in [7, 11) is 0. The van der Waals surface area contributed by atoms with Crippen molar-refractivity contribution in [2.24, 2.45) is 0 Å². The molecule has 96 valence electrons. The minimum absolute atomic E-state index is 0.268. The molecule has 19 heavy (non-hydrogen) atoms. The van der Waals surface area contributed by atoms with E-state index >= 15 is 0 Å². The number of piperidine rings is 1. The van der Waals surface area contributed by atoms with Gasteiger partial charge in [-0.2, -0.15) is 10.4 Å². The number of hydrogen-bond donors (Lipinski definition) is 0. The molecule has 1 aliphatic rings. The summed E-state index contributed by atoms with van der Waals surface area (Å²) in [4.78, 5) is 14.4. The molecule has 1 aliphatic heterocycles. The first kappa shape index (κ1) is 11.6. The summed E-state index contributed by atoms with van der Waals surface area (Å²) < 4.78 is 1.87. The summed E-state index contributed by atoms with van der Waals surface area (Å²) in [6.45, 7) is 1.66. The van der Waals surface area contributed by atoms with Crippen molar-refractivity contribution in [3.8, 4) is 6.07 Å². The smallest absolute Gasteiger partial charge is 0.183 e. The zero-order valence-electron chi connectivity index (χ0n) is 10.3. The van der Waals surface area contributed by atoms with Gasteiger partial charge in [0, 0.05) is 25.5 Å². The van der Waals surface area contributed by atoms with E-state index in [9.17, 15) is 0 Å². The monoisotopic (exact) mass is 255 g/mol. The molecule has 1 atom stereocenters. The standard InChI is InChI=1S/C12H13N7/c13-6-11-12(16-4-3-15-11)18-5-1-2-10(7-18)19-9-14-8-17-19/h3-4,8-10H,1-2,5,7H2. The third kappa shape index (κ3) is 2.25. The summed E-state index contributed by atoms with van der Waals surface area (Å²) in [6, 6.07) is 2.36. The normalized spacial score (nSPS) is 19.1. The minimum atomic E-state index is 0.268. The van der Waals surface area contributed by atoms with Gasteiger partial charge in [-0.1, -0.05) is 0 Å². The van der Waals surface area contributed by atoms with E-state index in [0.29, 0.717) is 11.5 Å². The van der Waals surface area contributed by atoms with Gasteiger partial charge in [-0.15, -0.1) is 0 Å². The van der Waals surface area contributed by atoms with Crippen LogP contribution in [0.3, 0.4) is 0 Å². The van der Waals surface area contributed by atoms with Crippen molar-refractivity contribution in [2.75, 3.05) is 18.0 Å². The molecule has 0 aliphatic carbocycles. The summed E-state index contributed by atoms with van der Waals surface area (Å²) in [5, 5.41) is 13.3. The summed E-state index contributed by atoms with van der Waals surface area (Å²) in [5.74, 6) is 0.662. The van der Waals surface area contributed by atoms with Gasteiger partial charge in [0.05, 0.1) is 6.04 Å². The van der Waals surface area contributed by atoms with Crippen molar-refractivity contribution < 1.29 is 0 Å². The molecule has 0 spiro atoms. The highest BCUT2D eigenvalue weighted by Gasteiger charge is 2.24. The Hall–Kier alpha value is -2.49. The maximum atomic E-state index is 9.09. The van der Waals surface area contributed by atoms with Crippen molar-refractivity contribution in [3.05, 3.63) is 30.7 Å². The Morgan fingerprint density at radius 3 is 3.00 bits per heavy atom. The quantitative estimate of drug-likeness (QED) is 0.788. The number of nitrogens with zero attached hydrogens (tertiary/aromatic N) is 7. The van der Waals surface area contributed by atoms with E-state index in [1.54, 1.807) is 25.0 Å². The van der Waals surface area contributed by atoms with Gasteiger partial charge < -0.3 is 4.90 Å². The van der Waals surface area contributed by atoms with Crippen LogP contribution in [0.1, 0.15) is 24.6 Å². The van der Waals surface area contributed by atoms with Crippen LogP contribution >= 0.6 is 0 Å². The van der Waals surface area contributed by atoms with E-state index < -0.39 is 0 Å². The largest absolute Gasteiger partial charge is 0.352 e. The van der Waals surface area contributed by atoms with Crippen molar-refractivity contribution in [1.29, 1.82) is 5.26 Å². The SMILES string of the molecule is N#Cc1nccnc1N1CCCC(n2cncn2)C1. The van der Waals surface area contributed by atoms with Crippen LogP contribution in [0.4, 0.5) is 5.82 Å². The third-order valence-electron chi connectivity index (χ3n) is 3.29. The zero-order chi connectivity index (χ0) is 13.1. The second-order valence-electron chi connectivity index (χ2n) is 4.46. The van der Waals surface area contributed by atoms with Crippen LogP contribution in [0.2, 0.25) is 0 Å². The number of hydrogen-bond acceptors (Lipinski definition) is 6. The molecule has 0 saturated carbocycles. The molecular weight excluding hydrogens is 242 g/mol. The van der Waals surface area contributed by atoms with Crippen LogP contribution in [0.15, 0.2) is 25.0 Å². The molecule has 0 radical (unpaired) electrons. The van der Waals surface area contributed by atoms with Gasteiger partial charge in [0.15, 0.2) is 11.5 Å². The van der Waals surface area contributed by atoms with Crippen LogP contribution in [0, 0.1) is 11.3 Å². The fourth-order valence-corrected chi connectivity index (χ4v) is 2.41. The Bertz CT molecular complexity index is 586. The lowest BCUT2D eigenvalue weighted by Crippen LogP contribution is -2.37. The Morgan fingerprint density at radius 2 is 2.21 bits per heavy atom. The van der Waals surface area contributed by atoms with Gasteiger partial charge in [-0.05, 0) is 12.8 Å². The molecule has 7 heteroatoms. The van der Waals surface area contributed by atoms with E-state index in [1.807, 2.05) is 4.68 Å². The van der Waals surface area contributed by atoms with Crippen LogP contribution in [0.5, 0.6) is 0 Å². The van der Waals surface area contributed by atoms with Gasteiger partial charge in [-0.3, -0.25) is 0 Å². The molecule has 3 rings (SSSR count). The molecule has 0 N–H and O–H groups in total. The maximum Gasteiger partial charge on any atom is 0.183 e. The van der Waals surface area contributed by atoms with Crippen molar-refractivity contribution in [3.63, 3.8) is 0 Å². The van der Waals surface area contributed by atoms with E-state index in [-0.39, 0.29) is 6.04 Å². The summed E-state index contributed by atoms with van der Waals surface area (Å²) in [6.07, 6.45) is 8.53. The first-order valence-corrected chi connectivity index (χ1v) is 6.18. The fourth-order valence-electron chi connectivity index (χ4n) is 2.41. The molecular formula is C12H13N7. The van der Waals surface area contributed by atoms with E-state index in [0.717, 1.165) is 25.9 Å². The molecule has 1 unspecified atom stereocenters. The van der Waals surface area contributed by atoms with Gasteiger partial charge >= 0.3 is 0 Å². The Labute approximate surface area is 110 Å². The predicted molar refractivity (Wildman–Crippen MR) is 67.3 cm³/mol. The van der Waals surface area contributed by atoms with Crippen molar-refractivity contribution in [2.45, 2.75) is 18.9 Å². The molecule has 2 aromatic rings. The van der Waals surface area contributed by atoms with Gasteiger partial charge in [0.1, 0.15) is 18.7 Å². The van der Waals surface area contributed by atoms with Crippen molar-refractivity contribution in [1.82, 2.24) is 24.7 Å². The van der Waals surface area contributed by atoms with Gasteiger partial charge in [0.2, 0.25) is 0 Å². The Morgan fingerprint density at radius 1 is 1.32 bits per heavy atom. The lowest BCUT2D eigenvalue weighted by atomic mass is 10.1. The average Bonchev–Trinajstić information content (AvgIpc) is 3.01. The topological polar surface area (TPSA) is 83.5 Å². The first-order chi connectivity index (χ1) is 9.38. The third-order valence-corrected chi connectivity index (χ3v) is 3.29. The number of anilines is 1. The molecule has 1 saturated heterocycles. The lowest BCUT2D eigenvalue weighted by molar-refractivity contribution is 0.374. The molecule has 2 aromatic heterocycles. The predicted octanol–water partition coefficient (Wildman–Crippen LogP) is 0.781. The first-order valence-electron chi connectivity index (χ1n) is 6.18. The second kappa shape index (κ2) is 5.02. The Kier molecular flexibility index (Phi) is 3.06. The molecule has 1 fully saturated rings. The second-order valence-corrected chi connectivity index (χ2v) is 4.46. The summed E-state index contributed by atoms with van der Waals surface area (Å²) in [5.41, 5.74) is 0.377. The van der Waals surface area contributed by atoms with E-state index in [1.165, 1.54) is 0 Å². The maximum absolute atomic E-state index is 9.09. The molecule has 7 nitrogen and oxygen atoms in total. The van der Waals surface area contributed by atoms with E-state index in [2.05, 4.69) is 31.0 Å². The lowest BCUT2D eigenvalue weighted by Gasteiger charge is -2.33. The zero-order valence-corrected chi connectivity index (χ0v) is 10.3. The Balaban J connectivity index is 1.84. The van der Waals surface area contributed by atoms with Gasteiger partial charge in [-0.25, -0.2) is 19.6 Å². The van der Waals surface area contributed by atoms with Crippen LogP contribution in [-0.4, -0.2) is 37.8 Å². The van der Waals surface area contributed by atoms with Crippen LogP contribution < -0.4 is 4.90 Å². The summed E-state index contributed by atoms with van der Waals surface area (Å²) >= 11 is 0. The molecule has 0 aromatic carbocycles. The number of aromatic nitrogens is 5. The van der Waals surface area contributed by atoms with Crippen LogP contribution in [0.25, 0.3) is 0 Å². The molecule has 0 bridgehead atoms. The molecule has 3 heterocycles. The molecule has 0 amide bonds. The van der Waals surface area contributed by atoms with Gasteiger partial charge in [0.25, 0.3) is 0 Å². The fraction of sp³-hybridized carbons (Fsp3) is 0.417.